The monoisotopic (exact) mass is 411 g/mol. The Bertz CT molecular complexity index is 1150. The Kier molecular flexibility index (Phi) is 4.61. The average Bonchev–Trinajstić information content (AvgIpc) is 3.08. The van der Waals surface area contributed by atoms with E-state index in [1.54, 1.807) is 25.1 Å². The number of nitrogens with one attached hydrogen (secondary N) is 1. The number of ketones is 1. The molecular formula is C22H16F3N3O2. The van der Waals surface area contributed by atoms with Gasteiger partial charge in [-0.25, -0.2) is 4.79 Å². The molecule has 0 bridgehead atoms. The van der Waals surface area contributed by atoms with Crippen molar-refractivity contribution in [2.24, 2.45) is 0 Å². The van der Waals surface area contributed by atoms with Crippen LogP contribution < -0.4 is 10.2 Å². The summed E-state index contributed by atoms with van der Waals surface area (Å²) in [7, 11) is 0. The van der Waals surface area contributed by atoms with Crippen LogP contribution in [0.15, 0.2) is 53.7 Å². The van der Waals surface area contributed by atoms with Crippen LogP contribution in [0, 0.1) is 18.3 Å². The predicted octanol–water partition coefficient (Wildman–Crippen LogP) is 4.77. The summed E-state index contributed by atoms with van der Waals surface area (Å²) >= 11 is 0. The average molecular weight is 411 g/mol. The fraction of sp³-hybridized carbons (Fsp3) is 0.227. The molecule has 1 aliphatic heterocycles. The number of benzene rings is 2. The van der Waals surface area contributed by atoms with Crippen molar-refractivity contribution >= 4 is 17.5 Å². The lowest BCUT2D eigenvalue weighted by Crippen LogP contribution is -2.47. The van der Waals surface area contributed by atoms with E-state index in [9.17, 15) is 22.8 Å². The molecule has 0 spiro atoms. The molecule has 4 rings (SSSR count). The fourth-order valence-corrected chi connectivity index (χ4v) is 4.00. The van der Waals surface area contributed by atoms with Gasteiger partial charge in [-0.1, -0.05) is 12.1 Å². The number of amides is 2. The molecule has 5 nitrogen and oxygen atoms in total. The van der Waals surface area contributed by atoms with Gasteiger partial charge in [-0.3, -0.25) is 9.69 Å². The zero-order valence-corrected chi connectivity index (χ0v) is 15.9. The number of anilines is 1. The van der Waals surface area contributed by atoms with E-state index in [0.29, 0.717) is 22.4 Å². The van der Waals surface area contributed by atoms with Crippen molar-refractivity contribution in [1.82, 2.24) is 5.32 Å². The fourth-order valence-electron chi connectivity index (χ4n) is 4.00. The van der Waals surface area contributed by atoms with E-state index in [1.807, 2.05) is 6.07 Å². The van der Waals surface area contributed by atoms with Crippen LogP contribution in [0.1, 0.15) is 41.1 Å². The summed E-state index contributed by atoms with van der Waals surface area (Å²) in [5.41, 5.74) is 1.84. The Balaban J connectivity index is 1.83. The Morgan fingerprint density at radius 1 is 1.13 bits per heavy atom. The normalized spacial score (nSPS) is 18.9. The van der Waals surface area contributed by atoms with Crippen LogP contribution in [0.2, 0.25) is 0 Å². The molecule has 0 radical (unpaired) electrons. The second-order valence-corrected chi connectivity index (χ2v) is 7.23. The molecule has 0 unspecified atom stereocenters. The first-order valence-electron chi connectivity index (χ1n) is 9.25. The molecule has 1 N–H and O–H groups in total. The van der Waals surface area contributed by atoms with Crippen LogP contribution in [0.3, 0.4) is 0 Å². The Labute approximate surface area is 170 Å². The summed E-state index contributed by atoms with van der Waals surface area (Å²) in [5.74, 6) is -0.157. The van der Waals surface area contributed by atoms with Crippen LogP contribution in [-0.4, -0.2) is 11.8 Å². The minimum absolute atomic E-state index is 0.0551. The molecule has 0 fully saturated rings. The van der Waals surface area contributed by atoms with Gasteiger partial charge < -0.3 is 5.32 Å². The van der Waals surface area contributed by atoms with Crippen molar-refractivity contribution in [3.8, 4) is 6.07 Å². The largest absolute Gasteiger partial charge is 0.416 e. The molecule has 0 saturated heterocycles. The number of carbonyl (C=O) groups excluding carboxylic acids is 2. The highest BCUT2D eigenvalue weighted by Crippen LogP contribution is 2.42. The van der Waals surface area contributed by atoms with Crippen molar-refractivity contribution in [2.45, 2.75) is 32.0 Å². The van der Waals surface area contributed by atoms with Gasteiger partial charge >= 0.3 is 12.2 Å². The summed E-state index contributed by atoms with van der Waals surface area (Å²) in [4.78, 5) is 26.8. The molecule has 2 amide bonds. The number of rotatable bonds is 2. The zero-order chi connectivity index (χ0) is 21.6. The van der Waals surface area contributed by atoms with E-state index >= 15 is 0 Å². The highest BCUT2D eigenvalue weighted by atomic mass is 19.4. The number of hydrogen-bond acceptors (Lipinski definition) is 3. The summed E-state index contributed by atoms with van der Waals surface area (Å²) < 4.78 is 39.4. The molecule has 2 aromatic carbocycles. The Morgan fingerprint density at radius 3 is 2.57 bits per heavy atom. The molecule has 152 valence electrons. The van der Waals surface area contributed by atoms with Gasteiger partial charge in [-0.2, -0.15) is 18.4 Å². The van der Waals surface area contributed by atoms with Gasteiger partial charge in [0.1, 0.15) is 0 Å². The van der Waals surface area contributed by atoms with Crippen LogP contribution in [0.5, 0.6) is 0 Å². The summed E-state index contributed by atoms with van der Waals surface area (Å²) in [6.07, 6.45) is -4.10. The number of nitrogens with zero attached hydrogens (tertiary/aromatic N) is 2. The lowest BCUT2D eigenvalue weighted by molar-refractivity contribution is -0.137. The molecule has 0 aromatic heterocycles. The van der Waals surface area contributed by atoms with E-state index in [0.717, 1.165) is 22.6 Å². The molecule has 8 heteroatoms. The molecule has 2 aliphatic rings. The lowest BCUT2D eigenvalue weighted by Gasteiger charge is -2.35. The van der Waals surface area contributed by atoms with Crippen LogP contribution in [0.4, 0.5) is 23.7 Å². The molecule has 0 saturated carbocycles. The number of carbonyl (C=O) groups is 2. The van der Waals surface area contributed by atoms with Gasteiger partial charge in [0.2, 0.25) is 0 Å². The first kappa shape index (κ1) is 19.7. The topological polar surface area (TPSA) is 73.2 Å². The van der Waals surface area contributed by atoms with Gasteiger partial charge in [0.25, 0.3) is 0 Å². The lowest BCUT2D eigenvalue weighted by atomic mass is 9.91. The van der Waals surface area contributed by atoms with Gasteiger partial charge in [-0.15, -0.1) is 0 Å². The number of hydrogen-bond donors (Lipinski definition) is 1. The molecule has 2 aromatic rings. The van der Waals surface area contributed by atoms with E-state index in [2.05, 4.69) is 5.32 Å². The maximum atomic E-state index is 13.1. The second-order valence-electron chi connectivity index (χ2n) is 7.23. The molecule has 1 heterocycles. The number of halogens is 3. The Hall–Kier alpha value is -3.60. The third kappa shape index (κ3) is 3.22. The van der Waals surface area contributed by atoms with Gasteiger partial charge in [0.15, 0.2) is 5.78 Å². The predicted molar refractivity (Wildman–Crippen MR) is 102 cm³/mol. The van der Waals surface area contributed by atoms with E-state index in [1.165, 1.54) is 12.1 Å². The standard InChI is InChI=1S/C22H16F3N3O2/c1-12-9-13(11-26)5-6-16(12)20-19-17(7-8-18(19)29)28(21(30)27-20)15-4-2-3-14(10-15)22(23,24)25/h2-6,9-10,20H,7-8H2,1H3,(H,27,30)/t20-/m0/s1. The summed E-state index contributed by atoms with van der Waals surface area (Å²) in [6.45, 7) is 1.78. The third-order valence-electron chi connectivity index (χ3n) is 5.37. The van der Waals surface area contributed by atoms with E-state index < -0.39 is 23.8 Å². The first-order chi connectivity index (χ1) is 14.2. The van der Waals surface area contributed by atoms with Crippen LogP contribution in [0.25, 0.3) is 0 Å². The minimum atomic E-state index is -4.55. The van der Waals surface area contributed by atoms with Gasteiger partial charge in [0.05, 0.1) is 28.9 Å². The number of allylic oxidation sites excluding steroid dienone is 1. The molecular weight excluding hydrogens is 395 g/mol. The smallest absolute Gasteiger partial charge is 0.326 e. The van der Waals surface area contributed by atoms with Crippen molar-refractivity contribution < 1.29 is 22.8 Å². The minimum Gasteiger partial charge on any atom is -0.326 e. The third-order valence-corrected chi connectivity index (χ3v) is 5.37. The first-order valence-corrected chi connectivity index (χ1v) is 9.25. The van der Waals surface area contributed by atoms with Crippen molar-refractivity contribution in [3.05, 3.63) is 76.0 Å². The number of aryl methyl sites for hydroxylation is 1. The highest BCUT2D eigenvalue weighted by Gasteiger charge is 2.42. The van der Waals surface area contributed by atoms with E-state index in [4.69, 9.17) is 5.26 Å². The van der Waals surface area contributed by atoms with Crippen LogP contribution >= 0.6 is 0 Å². The number of Topliss-reactive ketones (excluding diaryl/α,β-unsaturated/α-hetero) is 1. The maximum absolute atomic E-state index is 13.1. The van der Waals surface area contributed by atoms with Gasteiger partial charge in [0, 0.05) is 17.7 Å². The zero-order valence-electron chi connectivity index (χ0n) is 15.9. The number of alkyl halides is 3. The van der Waals surface area contributed by atoms with Gasteiger partial charge in [-0.05, 0) is 54.8 Å². The van der Waals surface area contributed by atoms with Crippen molar-refractivity contribution in [2.75, 3.05) is 4.90 Å². The molecule has 1 aliphatic carbocycles. The highest BCUT2D eigenvalue weighted by molar-refractivity contribution is 6.08. The number of nitriles is 1. The second kappa shape index (κ2) is 7.02. The summed E-state index contributed by atoms with van der Waals surface area (Å²) in [6, 6.07) is 10.2. The number of urea groups is 1. The van der Waals surface area contributed by atoms with Crippen molar-refractivity contribution in [1.29, 1.82) is 5.26 Å². The summed E-state index contributed by atoms with van der Waals surface area (Å²) in [5, 5.41) is 11.8. The quantitative estimate of drug-likeness (QED) is 0.774. The van der Waals surface area contributed by atoms with Crippen molar-refractivity contribution in [3.63, 3.8) is 0 Å². The maximum Gasteiger partial charge on any atom is 0.416 e. The molecule has 30 heavy (non-hydrogen) atoms. The molecule has 1 atom stereocenters. The van der Waals surface area contributed by atoms with Crippen LogP contribution in [-0.2, 0) is 11.0 Å². The van der Waals surface area contributed by atoms with E-state index in [-0.39, 0.29) is 24.3 Å². The SMILES string of the molecule is Cc1cc(C#N)ccc1[C@@H]1NC(=O)N(c2cccc(C(F)(F)F)c2)C2=C1C(=O)CC2. The Morgan fingerprint density at radius 2 is 1.90 bits per heavy atom.